The van der Waals surface area contributed by atoms with E-state index in [-0.39, 0.29) is 37.5 Å². The van der Waals surface area contributed by atoms with Crippen LogP contribution in [0.5, 0.6) is 5.75 Å². The number of ether oxygens (including phenoxy) is 2. The first-order chi connectivity index (χ1) is 19.8. The van der Waals surface area contributed by atoms with Crippen LogP contribution in [0.4, 0.5) is 0 Å². The van der Waals surface area contributed by atoms with Crippen molar-refractivity contribution in [2.24, 2.45) is 11.7 Å². The first-order valence-electron chi connectivity index (χ1n) is 13.8. The van der Waals surface area contributed by atoms with Crippen LogP contribution in [0.1, 0.15) is 52.0 Å². The van der Waals surface area contributed by atoms with Crippen LogP contribution in [0.2, 0.25) is 0 Å². The SMILES string of the molecule is COC(OC)C(CC(=O)O)NC(=O)[C@H](CCCCN)NC(=O)[C@@H](NC(=O)[C@H](Cc1ccc(O)cc1)NC(C)=O)C(C)C.[LiH]. The van der Waals surface area contributed by atoms with Crippen LogP contribution in [0.15, 0.2) is 24.3 Å². The second kappa shape index (κ2) is 20.7. The molecule has 0 saturated carbocycles. The van der Waals surface area contributed by atoms with E-state index in [9.17, 15) is 34.2 Å². The summed E-state index contributed by atoms with van der Waals surface area (Å²) in [6.45, 7) is 5.07. The van der Waals surface area contributed by atoms with E-state index in [2.05, 4.69) is 21.3 Å². The van der Waals surface area contributed by atoms with Crippen LogP contribution >= 0.6 is 0 Å². The number of carbonyl (C=O) groups excluding carboxylic acids is 4. The molecule has 0 heterocycles. The summed E-state index contributed by atoms with van der Waals surface area (Å²) in [4.78, 5) is 63.2. The van der Waals surface area contributed by atoms with Crippen molar-refractivity contribution < 1.29 is 43.7 Å². The molecular formula is C28H46LiN5O9. The average Bonchev–Trinajstić information content (AvgIpc) is 2.91. The molecule has 0 aliphatic rings. The van der Waals surface area contributed by atoms with Gasteiger partial charge in [0.2, 0.25) is 23.6 Å². The number of hydrogen-bond donors (Lipinski definition) is 7. The molecule has 0 bridgehead atoms. The number of nitrogens with one attached hydrogen (secondary N) is 4. The fourth-order valence-electron chi connectivity index (χ4n) is 4.25. The average molecular weight is 604 g/mol. The number of carboxylic acids is 1. The Balaban J connectivity index is 0.0000176. The van der Waals surface area contributed by atoms with Crippen molar-refractivity contribution in [1.82, 2.24) is 21.3 Å². The quantitative estimate of drug-likeness (QED) is 0.0588. The topological polar surface area (TPSA) is 218 Å². The Hall–Kier alpha value is -3.15. The third-order valence-corrected chi connectivity index (χ3v) is 6.41. The van der Waals surface area contributed by atoms with Crippen molar-refractivity contribution in [3.8, 4) is 5.75 Å². The first kappa shape index (κ1) is 39.8. The summed E-state index contributed by atoms with van der Waals surface area (Å²) in [7, 11) is 2.61. The molecule has 0 aliphatic carbocycles. The molecule has 0 saturated heterocycles. The third kappa shape index (κ3) is 14.7. The van der Waals surface area contributed by atoms with Crippen molar-refractivity contribution in [2.75, 3.05) is 20.8 Å². The maximum absolute atomic E-state index is 13.4. The number of benzene rings is 1. The number of rotatable bonds is 19. The molecule has 4 amide bonds. The van der Waals surface area contributed by atoms with E-state index in [0.29, 0.717) is 24.9 Å². The fraction of sp³-hybridized carbons (Fsp3) is 0.607. The van der Waals surface area contributed by atoms with Crippen LogP contribution < -0.4 is 27.0 Å². The molecule has 0 aromatic heterocycles. The first-order valence-corrected chi connectivity index (χ1v) is 13.8. The minimum atomic E-state index is -1.19. The van der Waals surface area contributed by atoms with E-state index in [4.69, 9.17) is 15.2 Å². The van der Waals surface area contributed by atoms with Crippen LogP contribution in [-0.4, -0.2) is 110 Å². The molecule has 1 rings (SSSR count). The molecule has 0 spiro atoms. The van der Waals surface area contributed by atoms with Crippen LogP contribution in [-0.2, 0) is 39.9 Å². The molecule has 1 aromatic rings. The molecule has 4 atom stereocenters. The Bertz CT molecular complexity index is 1040. The van der Waals surface area contributed by atoms with E-state index in [1.807, 2.05) is 0 Å². The predicted molar refractivity (Wildman–Crippen MR) is 160 cm³/mol. The van der Waals surface area contributed by atoms with Gasteiger partial charge in [0.15, 0.2) is 6.29 Å². The Morgan fingerprint density at radius 3 is 1.93 bits per heavy atom. The molecule has 1 unspecified atom stereocenters. The Morgan fingerprint density at radius 1 is 0.860 bits per heavy atom. The minimum absolute atomic E-state index is 0. The molecule has 14 nitrogen and oxygen atoms in total. The summed E-state index contributed by atoms with van der Waals surface area (Å²) in [5.41, 5.74) is 6.27. The number of methoxy groups -OCH3 is 2. The molecule has 43 heavy (non-hydrogen) atoms. The zero-order valence-electron chi connectivity index (χ0n) is 24.8. The van der Waals surface area contributed by atoms with Gasteiger partial charge in [-0.25, -0.2) is 0 Å². The van der Waals surface area contributed by atoms with Crippen LogP contribution in [0.3, 0.4) is 0 Å². The molecule has 0 fully saturated rings. The Labute approximate surface area is 264 Å². The second-order valence-corrected chi connectivity index (χ2v) is 10.3. The van der Waals surface area contributed by atoms with E-state index in [1.165, 1.54) is 33.3 Å². The summed E-state index contributed by atoms with van der Waals surface area (Å²) in [5.74, 6) is -3.88. The van der Waals surface area contributed by atoms with Gasteiger partial charge < -0.3 is 46.7 Å². The number of amides is 4. The number of nitrogens with two attached hydrogens (primary N) is 1. The van der Waals surface area contributed by atoms with E-state index < -0.39 is 72.4 Å². The molecule has 8 N–H and O–H groups in total. The van der Waals surface area contributed by atoms with Gasteiger partial charge in [0.05, 0.1) is 12.5 Å². The van der Waals surface area contributed by atoms with Crippen molar-refractivity contribution >= 4 is 48.5 Å². The zero-order valence-corrected chi connectivity index (χ0v) is 24.8. The molecule has 238 valence electrons. The van der Waals surface area contributed by atoms with Crippen molar-refractivity contribution in [3.05, 3.63) is 29.8 Å². The predicted octanol–water partition coefficient (Wildman–Crippen LogP) is -0.876. The monoisotopic (exact) mass is 603 g/mol. The van der Waals surface area contributed by atoms with Gasteiger partial charge in [0.1, 0.15) is 23.9 Å². The number of unbranched alkanes of at least 4 members (excludes halogenated alkanes) is 1. The van der Waals surface area contributed by atoms with Gasteiger partial charge in [-0.3, -0.25) is 24.0 Å². The van der Waals surface area contributed by atoms with Gasteiger partial charge in [-0.15, -0.1) is 0 Å². The number of aromatic hydroxyl groups is 1. The maximum atomic E-state index is 13.4. The van der Waals surface area contributed by atoms with Crippen LogP contribution in [0.25, 0.3) is 0 Å². The third-order valence-electron chi connectivity index (χ3n) is 6.41. The molecule has 0 aliphatic heterocycles. The standard InChI is InChI=1S/C28H45N5O9.Li.H/c1-16(2)24(33-26(39)21(30-17(3)34)14-18-9-11-19(35)12-10-18)27(40)31-20(8-6-7-13-29)25(38)32-22(15-23(36)37)28(41-4)42-5;;/h9-12,16,20-22,24,28,35H,6-8,13-15,29H2,1-5H3,(H,30,34)(H,31,40)(H,32,38)(H,33,39)(H,36,37);;/t20-,21-,22?,24-;;/m0../s1. The zero-order chi connectivity index (χ0) is 31.8. The Kier molecular flexibility index (Phi) is 19.2. The molecule has 0 radical (unpaired) electrons. The normalized spacial score (nSPS) is 13.7. The molecule has 15 heteroatoms. The fourth-order valence-corrected chi connectivity index (χ4v) is 4.25. The Morgan fingerprint density at radius 2 is 1.44 bits per heavy atom. The number of aliphatic carboxylic acids is 1. The second-order valence-electron chi connectivity index (χ2n) is 10.3. The van der Waals surface area contributed by atoms with Gasteiger partial charge >= 0.3 is 24.8 Å². The van der Waals surface area contributed by atoms with E-state index in [1.54, 1.807) is 26.0 Å². The van der Waals surface area contributed by atoms with Gasteiger partial charge in [-0.2, -0.15) is 0 Å². The van der Waals surface area contributed by atoms with E-state index >= 15 is 0 Å². The van der Waals surface area contributed by atoms with Crippen molar-refractivity contribution in [3.63, 3.8) is 0 Å². The van der Waals surface area contributed by atoms with E-state index in [0.717, 1.165) is 0 Å². The number of carbonyl (C=O) groups is 5. The number of carboxylic acid groups (broad SMARTS) is 1. The van der Waals surface area contributed by atoms with Gasteiger partial charge in [0.25, 0.3) is 0 Å². The number of hydrogen-bond acceptors (Lipinski definition) is 9. The molecule has 1 aromatic carbocycles. The number of phenols is 1. The summed E-state index contributed by atoms with van der Waals surface area (Å²) >= 11 is 0. The van der Waals surface area contributed by atoms with Gasteiger partial charge in [0, 0.05) is 27.6 Å². The van der Waals surface area contributed by atoms with Crippen molar-refractivity contribution in [1.29, 1.82) is 0 Å². The van der Waals surface area contributed by atoms with Gasteiger partial charge in [-0.1, -0.05) is 26.0 Å². The van der Waals surface area contributed by atoms with Crippen molar-refractivity contribution in [2.45, 2.75) is 83.3 Å². The number of phenolic OH excluding ortho intramolecular Hbond substituents is 1. The summed E-state index contributed by atoms with van der Waals surface area (Å²) in [5, 5.41) is 29.4. The van der Waals surface area contributed by atoms with Gasteiger partial charge in [-0.05, 0) is 49.4 Å². The molecular weight excluding hydrogens is 557 g/mol. The van der Waals surface area contributed by atoms with Crippen LogP contribution in [0, 0.1) is 5.92 Å². The summed E-state index contributed by atoms with van der Waals surface area (Å²) < 4.78 is 10.3. The summed E-state index contributed by atoms with van der Waals surface area (Å²) in [6.07, 6.45) is -0.158. The summed E-state index contributed by atoms with van der Waals surface area (Å²) in [6, 6.07) is 1.95.